The highest BCUT2D eigenvalue weighted by atomic mass is 16.4. The molecule has 0 spiro atoms. The fourth-order valence-corrected chi connectivity index (χ4v) is 0.565. The molecule has 0 aliphatic rings. The summed E-state index contributed by atoms with van der Waals surface area (Å²) in [6, 6.07) is 0. The van der Waals surface area contributed by atoms with Gasteiger partial charge in [0.25, 0.3) is 0 Å². The summed E-state index contributed by atoms with van der Waals surface area (Å²) in [5.41, 5.74) is 0. The first kappa shape index (κ1) is 15.2. The second kappa shape index (κ2) is 11.7. The average molecular weight is 202 g/mol. The van der Waals surface area contributed by atoms with Crippen molar-refractivity contribution < 1.29 is 19.8 Å². The van der Waals surface area contributed by atoms with Crippen molar-refractivity contribution in [2.24, 2.45) is 0 Å². The number of hydrogen-bond donors (Lipinski definition) is 2. The first-order valence-corrected chi connectivity index (χ1v) is 4.65. The second-order valence-electron chi connectivity index (χ2n) is 2.67. The number of carboxylic acid groups (broad SMARTS) is 2. The fraction of sp³-hybridized carbons (Fsp3) is 0.600. The third kappa shape index (κ3) is 22.4. The first-order chi connectivity index (χ1) is 6.54. The van der Waals surface area contributed by atoms with Crippen LogP contribution in [0.4, 0.5) is 0 Å². The van der Waals surface area contributed by atoms with Gasteiger partial charge >= 0.3 is 11.9 Å². The Morgan fingerprint density at radius 1 is 1.14 bits per heavy atom. The van der Waals surface area contributed by atoms with Gasteiger partial charge in [-0.1, -0.05) is 26.3 Å². The highest BCUT2D eigenvalue weighted by Gasteiger charge is 1.87. The summed E-state index contributed by atoms with van der Waals surface area (Å²) in [7, 11) is 0. The first-order valence-electron chi connectivity index (χ1n) is 4.65. The maximum atomic E-state index is 9.79. The Morgan fingerprint density at radius 2 is 1.71 bits per heavy atom. The Balaban J connectivity index is 0. The van der Waals surface area contributed by atoms with E-state index in [-0.39, 0.29) is 0 Å². The number of carboxylic acids is 2. The van der Waals surface area contributed by atoms with Crippen LogP contribution in [-0.4, -0.2) is 22.2 Å². The van der Waals surface area contributed by atoms with E-state index in [2.05, 4.69) is 0 Å². The standard InChI is InChI=1S/C6H10O2.C4H8O2/c1-2-3-4-5-6(7)8;1-2-3-4(5)6/h4-5H,2-3H2,1H3,(H,7,8);2-3H2,1H3,(H,5,6). The van der Waals surface area contributed by atoms with Gasteiger partial charge in [0.1, 0.15) is 0 Å². The molecular weight excluding hydrogens is 184 g/mol. The van der Waals surface area contributed by atoms with Crippen molar-refractivity contribution >= 4 is 11.9 Å². The molecule has 0 heterocycles. The molecule has 2 N–H and O–H groups in total. The fourth-order valence-electron chi connectivity index (χ4n) is 0.565. The highest BCUT2D eigenvalue weighted by molar-refractivity contribution is 5.79. The SMILES string of the molecule is CCCC(=O)O.CCCC=CC(=O)O. The average Bonchev–Trinajstić information content (AvgIpc) is 2.05. The van der Waals surface area contributed by atoms with Crippen LogP contribution in [0.1, 0.15) is 39.5 Å². The van der Waals surface area contributed by atoms with Crippen molar-refractivity contribution in [1.82, 2.24) is 0 Å². The monoisotopic (exact) mass is 202 g/mol. The molecule has 0 bridgehead atoms. The van der Waals surface area contributed by atoms with Gasteiger partial charge in [-0.3, -0.25) is 4.79 Å². The second-order valence-corrected chi connectivity index (χ2v) is 2.67. The highest BCUT2D eigenvalue weighted by Crippen LogP contribution is 1.86. The molecule has 0 amide bonds. The van der Waals surface area contributed by atoms with Crippen LogP contribution < -0.4 is 0 Å². The van der Waals surface area contributed by atoms with E-state index in [1.165, 1.54) is 6.08 Å². The minimum absolute atomic E-state index is 0.292. The van der Waals surface area contributed by atoms with E-state index in [9.17, 15) is 9.59 Å². The van der Waals surface area contributed by atoms with Gasteiger partial charge in [0.15, 0.2) is 0 Å². The quantitative estimate of drug-likeness (QED) is 0.671. The molecule has 0 atom stereocenters. The van der Waals surface area contributed by atoms with Crippen LogP contribution in [0.25, 0.3) is 0 Å². The zero-order valence-corrected chi connectivity index (χ0v) is 8.69. The molecule has 0 saturated carbocycles. The Morgan fingerprint density at radius 3 is 1.93 bits per heavy atom. The molecule has 0 aromatic carbocycles. The van der Waals surface area contributed by atoms with Crippen LogP contribution in [0.5, 0.6) is 0 Å². The molecule has 0 saturated heterocycles. The van der Waals surface area contributed by atoms with Crippen LogP contribution in [0.15, 0.2) is 12.2 Å². The smallest absolute Gasteiger partial charge is 0.327 e. The minimum Gasteiger partial charge on any atom is -0.481 e. The lowest BCUT2D eigenvalue weighted by atomic mass is 10.3. The number of allylic oxidation sites excluding steroid dienone is 1. The van der Waals surface area contributed by atoms with Crippen LogP contribution >= 0.6 is 0 Å². The van der Waals surface area contributed by atoms with Gasteiger partial charge in [0.2, 0.25) is 0 Å². The Hall–Kier alpha value is -1.32. The van der Waals surface area contributed by atoms with Gasteiger partial charge in [-0.25, -0.2) is 4.79 Å². The molecule has 0 aromatic heterocycles. The summed E-state index contributed by atoms with van der Waals surface area (Å²) in [5, 5.41) is 16.0. The number of rotatable bonds is 5. The number of carbonyl (C=O) groups is 2. The predicted octanol–water partition coefficient (Wildman–Crippen LogP) is 2.30. The summed E-state index contributed by atoms with van der Waals surface area (Å²) in [5.74, 6) is -1.57. The molecule has 0 aliphatic carbocycles. The van der Waals surface area contributed by atoms with E-state index in [1.54, 1.807) is 6.08 Å². The molecule has 0 unspecified atom stereocenters. The molecule has 0 rings (SSSR count). The van der Waals surface area contributed by atoms with E-state index in [4.69, 9.17) is 10.2 Å². The predicted molar refractivity (Wildman–Crippen MR) is 54.2 cm³/mol. The molecular formula is C10H18O4. The molecule has 0 aromatic rings. The van der Waals surface area contributed by atoms with Crippen LogP contribution in [-0.2, 0) is 9.59 Å². The summed E-state index contributed by atoms with van der Waals surface area (Å²) in [6.07, 6.45) is 5.71. The van der Waals surface area contributed by atoms with Crippen LogP contribution in [0, 0.1) is 0 Å². The molecule has 4 nitrogen and oxygen atoms in total. The van der Waals surface area contributed by atoms with Crippen molar-refractivity contribution in [3.05, 3.63) is 12.2 Å². The molecule has 82 valence electrons. The number of aliphatic carboxylic acids is 2. The lowest BCUT2D eigenvalue weighted by molar-refractivity contribution is -0.137. The third-order valence-corrected chi connectivity index (χ3v) is 1.18. The van der Waals surface area contributed by atoms with Crippen molar-refractivity contribution in [2.75, 3.05) is 0 Å². The summed E-state index contributed by atoms with van der Waals surface area (Å²) >= 11 is 0. The molecule has 0 radical (unpaired) electrons. The summed E-state index contributed by atoms with van der Waals surface area (Å²) in [4.78, 5) is 19.4. The molecule has 4 heteroatoms. The van der Waals surface area contributed by atoms with Crippen molar-refractivity contribution in [3.8, 4) is 0 Å². The van der Waals surface area contributed by atoms with E-state index in [0.29, 0.717) is 6.42 Å². The topological polar surface area (TPSA) is 74.6 Å². The van der Waals surface area contributed by atoms with E-state index < -0.39 is 11.9 Å². The molecule has 0 fully saturated rings. The largest absolute Gasteiger partial charge is 0.481 e. The third-order valence-electron chi connectivity index (χ3n) is 1.18. The van der Waals surface area contributed by atoms with Crippen LogP contribution in [0.2, 0.25) is 0 Å². The molecule has 14 heavy (non-hydrogen) atoms. The number of unbranched alkanes of at least 4 members (excludes halogenated alkanes) is 1. The van der Waals surface area contributed by atoms with Gasteiger partial charge in [0, 0.05) is 12.5 Å². The Kier molecular flexibility index (Phi) is 12.7. The van der Waals surface area contributed by atoms with Gasteiger partial charge in [0.05, 0.1) is 0 Å². The lowest BCUT2D eigenvalue weighted by Gasteiger charge is -1.79. The van der Waals surface area contributed by atoms with Gasteiger partial charge in [-0.2, -0.15) is 0 Å². The van der Waals surface area contributed by atoms with Gasteiger partial charge < -0.3 is 10.2 Å². The van der Waals surface area contributed by atoms with Crippen LogP contribution in [0.3, 0.4) is 0 Å². The zero-order chi connectivity index (χ0) is 11.4. The molecule has 0 aliphatic heterocycles. The summed E-state index contributed by atoms with van der Waals surface area (Å²) in [6.45, 7) is 3.85. The van der Waals surface area contributed by atoms with Crippen molar-refractivity contribution in [1.29, 1.82) is 0 Å². The normalized spacial score (nSPS) is 9.29. The zero-order valence-electron chi connectivity index (χ0n) is 8.69. The number of hydrogen-bond acceptors (Lipinski definition) is 2. The Labute approximate surface area is 84.3 Å². The van der Waals surface area contributed by atoms with E-state index in [1.807, 2.05) is 13.8 Å². The van der Waals surface area contributed by atoms with Gasteiger partial charge in [-0.15, -0.1) is 0 Å². The van der Waals surface area contributed by atoms with Gasteiger partial charge in [-0.05, 0) is 12.8 Å². The lowest BCUT2D eigenvalue weighted by Crippen LogP contribution is -1.90. The maximum Gasteiger partial charge on any atom is 0.327 e. The minimum atomic E-state index is -0.863. The maximum absolute atomic E-state index is 9.79. The Bertz CT molecular complexity index is 185. The van der Waals surface area contributed by atoms with E-state index >= 15 is 0 Å². The summed E-state index contributed by atoms with van der Waals surface area (Å²) < 4.78 is 0. The van der Waals surface area contributed by atoms with Crippen molar-refractivity contribution in [2.45, 2.75) is 39.5 Å². The van der Waals surface area contributed by atoms with E-state index in [0.717, 1.165) is 19.3 Å². The van der Waals surface area contributed by atoms with Crippen molar-refractivity contribution in [3.63, 3.8) is 0 Å².